The molecular weight excluding hydrogens is 399 g/mol. The largest absolute Gasteiger partial charge is 0.493 e. The highest BCUT2D eigenvalue weighted by Crippen LogP contribution is 2.30. The van der Waals surface area contributed by atoms with Gasteiger partial charge in [-0.15, -0.1) is 0 Å². The Hall–Kier alpha value is -4.21. The number of amides is 4. The fraction of sp³-hybridized carbons (Fsp3) is 0.100. The van der Waals surface area contributed by atoms with Gasteiger partial charge in [-0.3, -0.25) is 14.9 Å². The number of anilines is 1. The van der Waals surface area contributed by atoms with Crippen LogP contribution in [-0.4, -0.2) is 42.6 Å². The maximum Gasteiger partial charge on any atom is 0.341 e. The van der Waals surface area contributed by atoms with Crippen molar-refractivity contribution in [2.45, 2.75) is 0 Å². The fourth-order valence-corrected chi connectivity index (χ4v) is 2.68. The van der Waals surface area contributed by atoms with Crippen molar-refractivity contribution in [3.05, 3.63) is 59.4 Å². The number of rotatable bonds is 6. The monoisotopic (exact) mass is 414 g/mol. The molecule has 2 N–H and O–H groups in total. The Kier molecular flexibility index (Phi) is 5.77. The lowest BCUT2D eigenvalue weighted by molar-refractivity contribution is -0.139. The molecule has 1 aliphatic rings. The van der Waals surface area contributed by atoms with Crippen LogP contribution >= 0.6 is 0 Å². The molecule has 9 nitrogen and oxygen atoms in total. The molecule has 0 aliphatic carbocycles. The Labute approximate surface area is 169 Å². The number of carboxylic acids is 1. The molecule has 30 heavy (non-hydrogen) atoms. The summed E-state index contributed by atoms with van der Waals surface area (Å²) in [7, 11) is 1.34. The van der Waals surface area contributed by atoms with Crippen LogP contribution in [-0.2, 0) is 14.4 Å². The molecule has 0 spiro atoms. The van der Waals surface area contributed by atoms with E-state index < -0.39 is 36.2 Å². The third-order valence-electron chi connectivity index (χ3n) is 4.04. The van der Waals surface area contributed by atoms with E-state index in [1.807, 2.05) is 0 Å². The molecule has 1 fully saturated rings. The van der Waals surface area contributed by atoms with Crippen LogP contribution in [0.25, 0.3) is 6.08 Å². The summed E-state index contributed by atoms with van der Waals surface area (Å²) in [6.07, 6.45) is 1.24. The third kappa shape index (κ3) is 4.27. The minimum atomic E-state index is -1.17. The first-order valence-electron chi connectivity index (χ1n) is 8.50. The second-order valence-corrected chi connectivity index (χ2v) is 6.03. The summed E-state index contributed by atoms with van der Waals surface area (Å²) in [6.45, 7) is -0.577. The number of nitrogens with one attached hydrogen (secondary N) is 1. The van der Waals surface area contributed by atoms with Crippen molar-refractivity contribution in [2.75, 3.05) is 18.6 Å². The van der Waals surface area contributed by atoms with Crippen LogP contribution in [0.4, 0.5) is 14.9 Å². The van der Waals surface area contributed by atoms with E-state index in [0.717, 1.165) is 12.1 Å². The average Bonchev–Trinajstić information content (AvgIpc) is 2.71. The minimum absolute atomic E-state index is 0.0901. The van der Waals surface area contributed by atoms with E-state index in [-0.39, 0.29) is 22.8 Å². The molecule has 1 saturated heterocycles. The van der Waals surface area contributed by atoms with E-state index in [2.05, 4.69) is 5.32 Å². The van der Waals surface area contributed by atoms with Crippen molar-refractivity contribution in [3.63, 3.8) is 0 Å². The molecule has 0 radical (unpaired) electrons. The van der Waals surface area contributed by atoms with Crippen LogP contribution in [0, 0.1) is 5.82 Å². The van der Waals surface area contributed by atoms with Gasteiger partial charge < -0.3 is 14.6 Å². The zero-order valence-corrected chi connectivity index (χ0v) is 15.5. The molecular formula is C20H15FN2O7. The number of nitrogens with zero attached hydrogens (tertiary/aromatic N) is 1. The van der Waals surface area contributed by atoms with E-state index in [9.17, 15) is 23.6 Å². The summed E-state index contributed by atoms with van der Waals surface area (Å²) in [5.41, 5.74) is 0.119. The molecule has 154 valence electrons. The zero-order chi connectivity index (χ0) is 21.8. The van der Waals surface area contributed by atoms with Crippen LogP contribution in [0.3, 0.4) is 0 Å². The molecule has 10 heteroatoms. The quantitative estimate of drug-likeness (QED) is 0.547. The molecule has 4 amide bonds. The number of methoxy groups -OCH3 is 1. The minimum Gasteiger partial charge on any atom is -0.493 e. The number of halogens is 1. The summed E-state index contributed by atoms with van der Waals surface area (Å²) < 4.78 is 23.4. The Morgan fingerprint density at radius 3 is 2.47 bits per heavy atom. The first kappa shape index (κ1) is 20.5. The molecule has 0 unspecified atom stereocenters. The Bertz CT molecular complexity index is 1060. The maximum atomic E-state index is 13.2. The number of ether oxygens (including phenoxy) is 2. The normalized spacial score (nSPS) is 15.2. The van der Waals surface area contributed by atoms with Crippen molar-refractivity contribution < 1.29 is 38.1 Å². The lowest BCUT2D eigenvalue weighted by Crippen LogP contribution is -2.54. The number of benzene rings is 2. The van der Waals surface area contributed by atoms with Crippen LogP contribution in [0.1, 0.15) is 5.56 Å². The van der Waals surface area contributed by atoms with E-state index in [4.69, 9.17) is 14.6 Å². The molecule has 2 aromatic rings. The lowest BCUT2D eigenvalue weighted by Gasteiger charge is -2.26. The molecule has 2 aromatic carbocycles. The molecule has 1 aliphatic heterocycles. The van der Waals surface area contributed by atoms with Gasteiger partial charge in [-0.25, -0.2) is 18.9 Å². The van der Waals surface area contributed by atoms with Crippen molar-refractivity contribution >= 4 is 35.6 Å². The summed E-state index contributed by atoms with van der Waals surface area (Å²) in [6, 6.07) is 8.00. The standard InChI is InChI=1S/C20H15FN2O7/c1-29-16-9-11(2-7-15(16)30-10-17(24)25)8-14-18(26)22-20(28)23(19(14)27)13-5-3-12(21)4-6-13/h2-9H,10H2,1H3,(H,24,25)(H,22,26,28)/b14-8+. The van der Waals surface area contributed by atoms with Gasteiger partial charge >= 0.3 is 12.0 Å². The van der Waals surface area contributed by atoms with Crippen LogP contribution < -0.4 is 19.7 Å². The van der Waals surface area contributed by atoms with Gasteiger partial charge in [0.2, 0.25) is 0 Å². The number of carboxylic acid groups (broad SMARTS) is 1. The van der Waals surface area contributed by atoms with Crippen molar-refractivity contribution in [3.8, 4) is 11.5 Å². The summed E-state index contributed by atoms with van der Waals surface area (Å²) >= 11 is 0. The van der Waals surface area contributed by atoms with Gasteiger partial charge in [-0.05, 0) is 48.0 Å². The smallest absolute Gasteiger partial charge is 0.341 e. The van der Waals surface area contributed by atoms with E-state index in [1.54, 1.807) is 0 Å². The van der Waals surface area contributed by atoms with Gasteiger partial charge in [0, 0.05) is 0 Å². The number of carbonyl (C=O) groups is 4. The highest BCUT2D eigenvalue weighted by atomic mass is 19.1. The molecule has 0 aromatic heterocycles. The zero-order valence-electron chi connectivity index (χ0n) is 15.5. The first-order chi connectivity index (χ1) is 14.3. The maximum absolute atomic E-state index is 13.2. The van der Waals surface area contributed by atoms with Crippen molar-refractivity contribution in [1.82, 2.24) is 5.32 Å². The van der Waals surface area contributed by atoms with Gasteiger partial charge in [-0.1, -0.05) is 6.07 Å². The SMILES string of the molecule is COc1cc(/C=C2\C(=O)NC(=O)N(c3ccc(F)cc3)C2=O)ccc1OCC(=O)O. The Morgan fingerprint density at radius 1 is 1.13 bits per heavy atom. The first-order valence-corrected chi connectivity index (χ1v) is 8.50. The van der Waals surface area contributed by atoms with Gasteiger partial charge in [0.1, 0.15) is 11.4 Å². The predicted molar refractivity (Wildman–Crippen MR) is 102 cm³/mol. The number of urea groups is 1. The topological polar surface area (TPSA) is 122 Å². The molecule has 1 heterocycles. The third-order valence-corrected chi connectivity index (χ3v) is 4.04. The Balaban J connectivity index is 1.94. The Morgan fingerprint density at radius 2 is 1.83 bits per heavy atom. The van der Waals surface area contributed by atoms with Gasteiger partial charge in [0.15, 0.2) is 18.1 Å². The number of imide groups is 2. The second kappa shape index (κ2) is 8.43. The number of barbiturate groups is 1. The summed E-state index contributed by atoms with van der Waals surface area (Å²) in [5.74, 6) is -3.16. The fourth-order valence-electron chi connectivity index (χ4n) is 2.68. The number of aliphatic carboxylic acids is 1. The van der Waals surface area contributed by atoms with E-state index in [0.29, 0.717) is 10.5 Å². The molecule has 0 bridgehead atoms. The second-order valence-electron chi connectivity index (χ2n) is 6.03. The lowest BCUT2D eigenvalue weighted by atomic mass is 10.1. The number of carbonyl (C=O) groups excluding carboxylic acids is 3. The molecule has 3 rings (SSSR count). The van der Waals surface area contributed by atoms with Crippen LogP contribution in [0.5, 0.6) is 11.5 Å². The van der Waals surface area contributed by atoms with Crippen LogP contribution in [0.2, 0.25) is 0 Å². The van der Waals surface area contributed by atoms with Crippen molar-refractivity contribution in [2.24, 2.45) is 0 Å². The van der Waals surface area contributed by atoms with E-state index >= 15 is 0 Å². The molecule has 0 saturated carbocycles. The van der Waals surface area contributed by atoms with Gasteiger partial charge in [-0.2, -0.15) is 0 Å². The molecule has 0 atom stereocenters. The summed E-state index contributed by atoms with van der Waals surface area (Å²) in [4.78, 5) is 48.5. The van der Waals surface area contributed by atoms with Crippen LogP contribution in [0.15, 0.2) is 48.0 Å². The van der Waals surface area contributed by atoms with Crippen molar-refractivity contribution in [1.29, 1.82) is 0 Å². The number of hydrogen-bond donors (Lipinski definition) is 2. The van der Waals surface area contributed by atoms with E-state index in [1.165, 1.54) is 43.5 Å². The highest BCUT2D eigenvalue weighted by Gasteiger charge is 2.36. The van der Waals surface area contributed by atoms with Gasteiger partial charge in [0.25, 0.3) is 11.8 Å². The summed E-state index contributed by atoms with van der Waals surface area (Å²) in [5, 5.41) is 10.8. The highest BCUT2D eigenvalue weighted by molar-refractivity contribution is 6.39. The predicted octanol–water partition coefficient (Wildman–Crippen LogP) is 1.96. The number of hydrogen-bond acceptors (Lipinski definition) is 6. The van der Waals surface area contributed by atoms with Gasteiger partial charge in [0.05, 0.1) is 12.8 Å². The average molecular weight is 414 g/mol.